The number of carbonyl (C=O) groups excluding carboxylic acids is 1. The minimum Gasteiger partial charge on any atom is -0.457 e. The van der Waals surface area contributed by atoms with Crippen LogP contribution in [0.25, 0.3) is 39.0 Å². The fraction of sp³-hybridized carbons (Fsp3) is 0.0833. The summed E-state index contributed by atoms with van der Waals surface area (Å²) in [4.78, 5) is 18.3. The lowest BCUT2D eigenvalue weighted by Crippen LogP contribution is -2.21. The van der Waals surface area contributed by atoms with Crippen molar-refractivity contribution >= 4 is 95.3 Å². The first kappa shape index (κ1) is 44.6. The molecular weight excluding hydrogens is 897 g/mol. The Morgan fingerprint density at radius 2 is 0.851 bits per heavy atom. The average molecular weight is 943 g/mol. The van der Waals surface area contributed by atoms with Gasteiger partial charge in [0.1, 0.15) is 11.5 Å². The Morgan fingerprint density at radius 1 is 0.463 bits per heavy atom. The molecule has 0 fully saturated rings. The molecule has 0 radical (unpaired) electrons. The van der Waals surface area contributed by atoms with Gasteiger partial charge in [-0.1, -0.05) is 146 Å². The standard InChI is InChI=1S/C60H46O3S4/c1-36-34-49(67)32-33-50(36)59-51(35-61)52(39-16-26-46(64)27-17-39)53(56(59)38-10-6-3-7-11-38)40-12-22-44(23-13-40)63-45-24-14-41(15-25-45)55-54(37-8-4-2-5-9-37)57(42-18-28-47(65)29-19-42)60(62)58(55)43-20-30-48(66)31-21-43/h2-34,36,50-51,61,64-67H,35H2,1H3. The van der Waals surface area contributed by atoms with Gasteiger partial charge in [-0.25, -0.2) is 0 Å². The summed E-state index contributed by atoms with van der Waals surface area (Å²) < 4.78 is 6.58. The van der Waals surface area contributed by atoms with E-state index in [4.69, 9.17) is 4.74 Å². The summed E-state index contributed by atoms with van der Waals surface area (Å²) in [6, 6.07) is 60.7. The van der Waals surface area contributed by atoms with Crippen molar-refractivity contribution in [3.05, 3.63) is 250 Å². The maximum atomic E-state index is 14.8. The molecule has 0 bridgehead atoms. The molecule has 3 unspecified atom stereocenters. The summed E-state index contributed by atoms with van der Waals surface area (Å²) >= 11 is 18.4. The number of aliphatic hydroxyl groups excluding tert-OH is 1. The molecule has 10 rings (SSSR count). The van der Waals surface area contributed by atoms with Crippen molar-refractivity contribution in [1.29, 1.82) is 0 Å². The number of ether oxygens (including phenoxy) is 1. The molecule has 0 aromatic heterocycles. The van der Waals surface area contributed by atoms with Crippen molar-refractivity contribution in [2.24, 2.45) is 17.8 Å². The maximum absolute atomic E-state index is 14.8. The van der Waals surface area contributed by atoms with Crippen LogP contribution >= 0.6 is 50.5 Å². The molecule has 67 heavy (non-hydrogen) atoms. The number of carbonyl (C=O) groups is 1. The third-order valence-electron chi connectivity index (χ3n) is 12.9. The lowest BCUT2D eigenvalue weighted by atomic mass is 9.76. The van der Waals surface area contributed by atoms with E-state index in [-0.39, 0.29) is 30.1 Å². The number of thiol groups is 4. The molecule has 0 amide bonds. The van der Waals surface area contributed by atoms with Crippen LogP contribution in [0.2, 0.25) is 0 Å². The zero-order chi connectivity index (χ0) is 46.2. The number of aliphatic hydroxyl groups is 1. The van der Waals surface area contributed by atoms with Crippen LogP contribution in [0.1, 0.15) is 45.9 Å². The highest BCUT2D eigenvalue weighted by atomic mass is 32.1. The number of ketones is 1. The molecule has 0 spiro atoms. The molecule has 1 N–H and O–H groups in total. The fourth-order valence-corrected chi connectivity index (χ4v) is 10.6. The van der Waals surface area contributed by atoms with Crippen LogP contribution in [0.3, 0.4) is 0 Å². The zero-order valence-electron chi connectivity index (χ0n) is 36.5. The summed E-state index contributed by atoms with van der Waals surface area (Å²) in [6.45, 7) is 2.19. The first-order chi connectivity index (χ1) is 32.7. The monoisotopic (exact) mass is 942 g/mol. The molecule has 7 aromatic carbocycles. The molecule has 7 aromatic rings. The second-order valence-electron chi connectivity index (χ2n) is 17.0. The summed E-state index contributed by atoms with van der Waals surface area (Å²) in [7, 11) is 0. The number of Topliss-reactive ketones (excluding diaryl/α,β-unsaturated/α-hetero) is 1. The Hall–Kier alpha value is -6.19. The van der Waals surface area contributed by atoms with E-state index in [1.165, 1.54) is 5.57 Å². The maximum Gasteiger partial charge on any atom is 0.195 e. The van der Waals surface area contributed by atoms with Crippen molar-refractivity contribution in [3.8, 4) is 11.5 Å². The quantitative estimate of drug-likeness (QED) is 0.0840. The van der Waals surface area contributed by atoms with Crippen molar-refractivity contribution in [2.45, 2.75) is 21.6 Å². The van der Waals surface area contributed by atoms with Crippen LogP contribution in [0.4, 0.5) is 0 Å². The predicted octanol–water partition coefficient (Wildman–Crippen LogP) is 15.1. The summed E-state index contributed by atoms with van der Waals surface area (Å²) in [5, 5.41) is 11.4. The van der Waals surface area contributed by atoms with Crippen LogP contribution in [0.15, 0.2) is 225 Å². The number of rotatable bonds is 11. The molecule has 0 saturated carbocycles. The number of allylic oxidation sites excluding steroid dienone is 9. The van der Waals surface area contributed by atoms with E-state index in [9.17, 15) is 9.90 Å². The van der Waals surface area contributed by atoms with Gasteiger partial charge < -0.3 is 9.84 Å². The molecule has 3 atom stereocenters. The van der Waals surface area contributed by atoms with Gasteiger partial charge in [0.15, 0.2) is 5.78 Å². The second kappa shape index (κ2) is 19.2. The Labute approximate surface area is 414 Å². The first-order valence-corrected chi connectivity index (χ1v) is 24.1. The molecular formula is C60H46O3S4. The zero-order valence-corrected chi connectivity index (χ0v) is 40.1. The second-order valence-corrected chi connectivity index (χ2v) is 19.1. The van der Waals surface area contributed by atoms with Crippen molar-refractivity contribution in [2.75, 3.05) is 6.61 Å². The van der Waals surface area contributed by atoms with E-state index < -0.39 is 0 Å². The average Bonchev–Trinajstić information content (AvgIpc) is 3.85. The normalized spacial score (nSPS) is 18.3. The molecule has 7 heteroatoms. The highest BCUT2D eigenvalue weighted by molar-refractivity contribution is 7.84. The van der Waals surface area contributed by atoms with Crippen LogP contribution in [-0.2, 0) is 4.79 Å². The smallest absolute Gasteiger partial charge is 0.195 e. The lowest BCUT2D eigenvalue weighted by Gasteiger charge is -2.29. The fourth-order valence-electron chi connectivity index (χ4n) is 9.87. The van der Waals surface area contributed by atoms with Crippen molar-refractivity contribution in [1.82, 2.24) is 0 Å². The highest BCUT2D eigenvalue weighted by Gasteiger charge is 2.40. The third-order valence-corrected chi connectivity index (χ3v) is 14.1. The van der Waals surface area contributed by atoms with Crippen LogP contribution < -0.4 is 4.74 Å². The highest BCUT2D eigenvalue weighted by Crippen LogP contribution is 2.56. The Kier molecular flexibility index (Phi) is 12.8. The summed E-state index contributed by atoms with van der Waals surface area (Å²) in [5.41, 5.74) is 14.2. The number of benzene rings is 7. The minimum atomic E-state index is -0.243. The summed E-state index contributed by atoms with van der Waals surface area (Å²) in [6.07, 6.45) is 6.52. The molecule has 3 aliphatic rings. The first-order valence-electron chi connectivity index (χ1n) is 22.3. The Morgan fingerprint density at radius 3 is 1.30 bits per heavy atom. The van der Waals surface area contributed by atoms with Gasteiger partial charge in [0.05, 0.1) is 6.61 Å². The molecule has 0 heterocycles. The molecule has 3 aliphatic carbocycles. The van der Waals surface area contributed by atoms with E-state index in [0.29, 0.717) is 22.6 Å². The van der Waals surface area contributed by atoms with Gasteiger partial charge in [-0.2, -0.15) is 0 Å². The SMILES string of the molecule is CC1C=C(S)C=CC1C1=C(c2ccccc2)C(c2ccc(Oc3ccc(C4=C(c5ccc(S)cc5)C(=O)C(c5ccc(S)cc5)=C4c4ccccc4)cc3)cc2)=C(c2ccc(S)cc2)C1CO. The van der Waals surface area contributed by atoms with Gasteiger partial charge in [-0.3, -0.25) is 4.79 Å². The minimum absolute atomic E-state index is 0.0385. The van der Waals surface area contributed by atoms with E-state index in [2.05, 4.69) is 136 Å². The van der Waals surface area contributed by atoms with Gasteiger partial charge in [0, 0.05) is 53.7 Å². The van der Waals surface area contributed by atoms with Gasteiger partial charge >= 0.3 is 0 Å². The van der Waals surface area contributed by atoms with Crippen molar-refractivity contribution < 1.29 is 14.6 Å². The van der Waals surface area contributed by atoms with E-state index in [1.807, 2.05) is 121 Å². The van der Waals surface area contributed by atoms with Crippen LogP contribution in [0.5, 0.6) is 11.5 Å². The topological polar surface area (TPSA) is 46.5 Å². The number of hydrogen-bond acceptors (Lipinski definition) is 7. The molecule has 0 saturated heterocycles. The molecule has 328 valence electrons. The van der Waals surface area contributed by atoms with Crippen LogP contribution in [-0.4, -0.2) is 17.5 Å². The lowest BCUT2D eigenvalue weighted by molar-refractivity contribution is -0.108. The Bertz CT molecular complexity index is 3200. The largest absolute Gasteiger partial charge is 0.457 e. The van der Waals surface area contributed by atoms with E-state index >= 15 is 0 Å². The van der Waals surface area contributed by atoms with E-state index in [0.717, 1.165) is 86.4 Å². The molecule has 0 aliphatic heterocycles. The third kappa shape index (κ3) is 8.79. The molecule has 3 nitrogen and oxygen atoms in total. The van der Waals surface area contributed by atoms with Gasteiger partial charge in [-0.05, 0) is 128 Å². The Balaban J connectivity index is 1.04. The predicted molar refractivity (Wildman–Crippen MR) is 289 cm³/mol. The van der Waals surface area contributed by atoms with Gasteiger partial charge in [-0.15, -0.1) is 50.5 Å². The van der Waals surface area contributed by atoms with Gasteiger partial charge in [0.25, 0.3) is 0 Å². The van der Waals surface area contributed by atoms with Crippen LogP contribution in [0, 0.1) is 17.8 Å². The van der Waals surface area contributed by atoms with E-state index in [1.54, 1.807) is 0 Å². The van der Waals surface area contributed by atoms with Gasteiger partial charge in [0.2, 0.25) is 0 Å². The number of hydrogen-bond donors (Lipinski definition) is 5. The van der Waals surface area contributed by atoms with Crippen molar-refractivity contribution in [3.63, 3.8) is 0 Å². The summed E-state index contributed by atoms with van der Waals surface area (Å²) in [5.74, 6) is 1.28.